The van der Waals surface area contributed by atoms with Crippen molar-refractivity contribution < 1.29 is 9.90 Å². The maximum absolute atomic E-state index is 9.97. The molecule has 0 heterocycles. The molecule has 0 N–H and O–H groups in total. The molecular formula is C6H9O2. The summed E-state index contributed by atoms with van der Waals surface area (Å²) in [6.07, 6.45) is 0. The zero-order valence-electron chi connectivity index (χ0n) is 5.32. The van der Waals surface area contributed by atoms with E-state index < -0.39 is 5.97 Å². The molecular weight excluding hydrogens is 104 g/mol. The van der Waals surface area contributed by atoms with Crippen molar-refractivity contribution >= 4 is 5.97 Å². The fourth-order valence-electron chi connectivity index (χ4n) is 0.204. The van der Waals surface area contributed by atoms with Crippen LogP contribution in [0.5, 0.6) is 0 Å². The van der Waals surface area contributed by atoms with Gasteiger partial charge in [0.2, 0.25) is 0 Å². The molecule has 45 valence electrons. The lowest BCUT2D eigenvalue weighted by atomic mass is 10.2. The van der Waals surface area contributed by atoms with Crippen molar-refractivity contribution in [2.45, 2.75) is 20.8 Å². The second-order valence-electron chi connectivity index (χ2n) is 1.91. The fourth-order valence-corrected chi connectivity index (χ4v) is 0.204. The first-order valence-electron chi connectivity index (χ1n) is 2.41. The van der Waals surface area contributed by atoms with Gasteiger partial charge in [0.15, 0.2) is 0 Å². The summed E-state index contributed by atoms with van der Waals surface area (Å²) in [5.74, 6) is -1.08. The molecule has 2 nitrogen and oxygen atoms in total. The Kier molecular flexibility index (Phi) is 2.25. The number of carbonyl (C=O) groups is 1. The van der Waals surface area contributed by atoms with E-state index in [1.807, 2.05) is 0 Å². The lowest BCUT2D eigenvalue weighted by Crippen LogP contribution is -1.95. The summed E-state index contributed by atoms with van der Waals surface area (Å²) in [4.78, 5) is 9.97. The number of hydrogen-bond acceptors (Lipinski definition) is 1. The van der Waals surface area contributed by atoms with Gasteiger partial charge >= 0.3 is 5.97 Å². The summed E-state index contributed by atoms with van der Waals surface area (Å²) < 4.78 is 0. The van der Waals surface area contributed by atoms with Gasteiger partial charge < -0.3 is 0 Å². The van der Waals surface area contributed by atoms with Crippen LogP contribution in [-0.2, 0) is 9.90 Å². The van der Waals surface area contributed by atoms with Gasteiger partial charge in [0.1, 0.15) is 0 Å². The molecule has 8 heavy (non-hydrogen) atoms. The molecule has 0 aliphatic rings. The zero-order valence-corrected chi connectivity index (χ0v) is 5.32. The first kappa shape index (κ1) is 7.21. The first-order chi connectivity index (χ1) is 3.55. The molecule has 0 saturated carbocycles. The second kappa shape index (κ2) is 2.50. The predicted octanol–water partition coefficient (Wildman–Crippen LogP) is 1.30. The largest absolute Gasteiger partial charge is 0.381 e. The number of allylic oxidation sites excluding steroid dienone is 1. The summed E-state index contributed by atoms with van der Waals surface area (Å²) >= 11 is 0. The maximum Gasteiger partial charge on any atom is 0.381 e. The Bertz CT molecular complexity index is 129. The summed E-state index contributed by atoms with van der Waals surface area (Å²) in [6.45, 7) is 5.01. The van der Waals surface area contributed by atoms with Crippen LogP contribution in [0.3, 0.4) is 0 Å². The molecule has 0 spiro atoms. The third kappa shape index (κ3) is 1.78. The van der Waals surface area contributed by atoms with Crippen molar-refractivity contribution in [3.05, 3.63) is 11.1 Å². The molecule has 0 unspecified atom stereocenters. The Hall–Kier alpha value is -0.790. The monoisotopic (exact) mass is 113 g/mol. The molecule has 0 aromatic heterocycles. The van der Waals surface area contributed by atoms with Crippen LogP contribution in [0.4, 0.5) is 0 Å². The van der Waals surface area contributed by atoms with Crippen molar-refractivity contribution in [2.75, 3.05) is 0 Å². The molecule has 0 saturated heterocycles. The minimum absolute atomic E-state index is 0.324. The van der Waals surface area contributed by atoms with Crippen LogP contribution in [0.15, 0.2) is 11.1 Å². The average Bonchev–Trinajstić information content (AvgIpc) is 1.64. The van der Waals surface area contributed by atoms with Gasteiger partial charge in [0.25, 0.3) is 0 Å². The van der Waals surface area contributed by atoms with E-state index >= 15 is 0 Å². The highest BCUT2D eigenvalue weighted by molar-refractivity contribution is 5.86. The summed E-state index contributed by atoms with van der Waals surface area (Å²) in [7, 11) is 0. The molecule has 1 radical (unpaired) electrons. The van der Waals surface area contributed by atoms with Crippen molar-refractivity contribution in [2.24, 2.45) is 0 Å². The molecule has 0 aliphatic heterocycles. The van der Waals surface area contributed by atoms with Gasteiger partial charge in [-0.05, 0) is 20.8 Å². The number of hydrogen-bond donors (Lipinski definition) is 0. The third-order valence-corrected chi connectivity index (χ3v) is 1.06. The van der Waals surface area contributed by atoms with Crippen molar-refractivity contribution in [3.63, 3.8) is 0 Å². The van der Waals surface area contributed by atoms with Gasteiger partial charge in [-0.2, -0.15) is 0 Å². The van der Waals surface area contributed by atoms with E-state index in [1.54, 1.807) is 13.8 Å². The molecule has 0 aromatic carbocycles. The number of rotatable bonds is 1. The highest BCUT2D eigenvalue weighted by Crippen LogP contribution is 2.00. The molecule has 0 amide bonds. The molecule has 0 aliphatic carbocycles. The first-order valence-corrected chi connectivity index (χ1v) is 2.41. The van der Waals surface area contributed by atoms with Crippen molar-refractivity contribution in [3.8, 4) is 0 Å². The molecule has 0 bridgehead atoms. The Morgan fingerprint density at radius 2 is 1.50 bits per heavy atom. The predicted molar refractivity (Wildman–Crippen MR) is 29.7 cm³/mol. The van der Waals surface area contributed by atoms with Gasteiger partial charge in [-0.3, -0.25) is 0 Å². The highest BCUT2D eigenvalue weighted by Gasteiger charge is 2.02. The average molecular weight is 113 g/mol. The van der Waals surface area contributed by atoms with Crippen molar-refractivity contribution in [1.29, 1.82) is 0 Å². The van der Waals surface area contributed by atoms with Crippen LogP contribution in [0, 0.1) is 0 Å². The lowest BCUT2D eigenvalue weighted by molar-refractivity contribution is -0.138. The van der Waals surface area contributed by atoms with Crippen LogP contribution < -0.4 is 0 Å². The molecule has 0 rings (SSSR count). The minimum atomic E-state index is -1.08. The van der Waals surface area contributed by atoms with Gasteiger partial charge in [-0.25, -0.2) is 9.90 Å². The highest BCUT2D eigenvalue weighted by atomic mass is 16.4. The quantitative estimate of drug-likeness (QED) is 0.472. The van der Waals surface area contributed by atoms with Crippen LogP contribution in [0.25, 0.3) is 0 Å². The van der Waals surface area contributed by atoms with E-state index in [0.29, 0.717) is 5.57 Å². The van der Waals surface area contributed by atoms with Gasteiger partial charge in [-0.15, -0.1) is 0 Å². The molecule has 0 atom stereocenters. The zero-order chi connectivity index (χ0) is 6.73. The van der Waals surface area contributed by atoms with E-state index in [-0.39, 0.29) is 0 Å². The van der Waals surface area contributed by atoms with Crippen LogP contribution in [0.1, 0.15) is 20.8 Å². The van der Waals surface area contributed by atoms with Gasteiger partial charge in [0.05, 0.1) is 0 Å². The Morgan fingerprint density at radius 3 is 1.50 bits per heavy atom. The molecule has 0 aromatic rings. The van der Waals surface area contributed by atoms with Gasteiger partial charge in [0, 0.05) is 5.57 Å². The van der Waals surface area contributed by atoms with E-state index in [4.69, 9.17) is 0 Å². The standard InChI is InChI=1S/C6H9O2/c1-4(2)5(3)6(7)8/h1-3H3. The number of carbonyl (C=O) groups excluding carboxylic acids is 1. The normalized spacial score (nSPS) is 8.38. The van der Waals surface area contributed by atoms with E-state index in [1.165, 1.54) is 6.92 Å². The Labute approximate surface area is 48.8 Å². The smallest absolute Gasteiger partial charge is 0.242 e. The Balaban J connectivity index is 4.23. The summed E-state index contributed by atoms with van der Waals surface area (Å²) in [5.41, 5.74) is 1.12. The summed E-state index contributed by atoms with van der Waals surface area (Å²) in [5, 5.41) is 9.97. The van der Waals surface area contributed by atoms with Crippen LogP contribution >= 0.6 is 0 Å². The Morgan fingerprint density at radius 1 is 1.12 bits per heavy atom. The van der Waals surface area contributed by atoms with E-state index in [2.05, 4.69) is 0 Å². The lowest BCUT2D eigenvalue weighted by Gasteiger charge is -1.89. The van der Waals surface area contributed by atoms with E-state index in [9.17, 15) is 9.90 Å². The summed E-state index contributed by atoms with van der Waals surface area (Å²) in [6, 6.07) is 0. The third-order valence-electron chi connectivity index (χ3n) is 1.06. The van der Waals surface area contributed by atoms with Crippen LogP contribution in [0.2, 0.25) is 0 Å². The van der Waals surface area contributed by atoms with Gasteiger partial charge in [-0.1, -0.05) is 5.57 Å². The SMILES string of the molecule is CC(C)=C(C)C([O])=O. The second-order valence-corrected chi connectivity index (χ2v) is 1.91. The minimum Gasteiger partial charge on any atom is -0.242 e. The maximum atomic E-state index is 9.97. The molecule has 2 heteroatoms. The van der Waals surface area contributed by atoms with E-state index in [0.717, 1.165) is 5.57 Å². The topological polar surface area (TPSA) is 37.0 Å². The van der Waals surface area contributed by atoms with Crippen LogP contribution in [-0.4, -0.2) is 5.97 Å². The fraction of sp³-hybridized carbons (Fsp3) is 0.500. The van der Waals surface area contributed by atoms with Crippen molar-refractivity contribution in [1.82, 2.24) is 0 Å². The molecule has 0 fully saturated rings.